The van der Waals surface area contributed by atoms with Crippen LogP contribution in [-0.2, 0) is 10.0 Å². The van der Waals surface area contributed by atoms with E-state index in [0.717, 1.165) is 12.8 Å². The van der Waals surface area contributed by atoms with Crippen molar-refractivity contribution in [1.29, 1.82) is 0 Å². The molecule has 1 atom stereocenters. The summed E-state index contributed by atoms with van der Waals surface area (Å²) in [5.41, 5.74) is 6.08. The van der Waals surface area contributed by atoms with Gasteiger partial charge in [0.05, 0.1) is 4.90 Å². The molecule has 5 nitrogen and oxygen atoms in total. The van der Waals surface area contributed by atoms with Gasteiger partial charge < -0.3 is 5.73 Å². The topological polar surface area (TPSA) is 80.5 Å². The molecule has 1 heterocycles. The molecule has 2 rings (SSSR count). The monoisotopic (exact) mass is 296 g/mol. The Morgan fingerprint density at radius 1 is 1.45 bits per heavy atom. The third kappa shape index (κ3) is 2.77. The fourth-order valence-corrected chi connectivity index (χ4v) is 4.28. The summed E-state index contributed by atoms with van der Waals surface area (Å²) in [6.07, 6.45) is 1.98. The number of nitrogens with zero attached hydrogens (tertiary/aromatic N) is 1. The SMILES string of the molecule is CCC(=O)c1cccc(S(=O)(=O)N2CCCC2CN)c1. The summed E-state index contributed by atoms with van der Waals surface area (Å²) in [4.78, 5) is 11.9. The van der Waals surface area contributed by atoms with E-state index >= 15 is 0 Å². The third-order valence-electron chi connectivity index (χ3n) is 3.68. The quantitative estimate of drug-likeness (QED) is 0.833. The van der Waals surface area contributed by atoms with Crippen molar-refractivity contribution >= 4 is 15.8 Å². The average molecular weight is 296 g/mol. The summed E-state index contributed by atoms with van der Waals surface area (Å²) >= 11 is 0. The van der Waals surface area contributed by atoms with Crippen molar-refractivity contribution in [3.63, 3.8) is 0 Å². The molecule has 1 aromatic carbocycles. The van der Waals surface area contributed by atoms with Crippen LogP contribution < -0.4 is 5.73 Å². The van der Waals surface area contributed by atoms with Gasteiger partial charge in [0.1, 0.15) is 0 Å². The van der Waals surface area contributed by atoms with Crippen molar-refractivity contribution in [3.05, 3.63) is 29.8 Å². The van der Waals surface area contributed by atoms with E-state index < -0.39 is 10.0 Å². The molecule has 20 heavy (non-hydrogen) atoms. The first-order valence-corrected chi connectivity index (χ1v) is 8.30. The lowest BCUT2D eigenvalue weighted by atomic mass is 10.1. The molecule has 1 aliphatic rings. The number of hydrogen-bond acceptors (Lipinski definition) is 4. The molecule has 0 aliphatic carbocycles. The summed E-state index contributed by atoms with van der Waals surface area (Å²) in [5.74, 6) is -0.0566. The van der Waals surface area contributed by atoms with Crippen molar-refractivity contribution in [2.45, 2.75) is 37.1 Å². The van der Waals surface area contributed by atoms with Gasteiger partial charge in [-0.05, 0) is 25.0 Å². The lowest BCUT2D eigenvalue weighted by Crippen LogP contribution is -2.39. The molecule has 0 radical (unpaired) electrons. The molecule has 0 amide bonds. The second-order valence-electron chi connectivity index (χ2n) is 4.95. The Labute approximate surface area is 119 Å². The maximum absolute atomic E-state index is 12.6. The van der Waals surface area contributed by atoms with Gasteiger partial charge >= 0.3 is 0 Å². The van der Waals surface area contributed by atoms with Crippen LogP contribution in [0.3, 0.4) is 0 Å². The number of sulfonamides is 1. The first kappa shape index (κ1) is 15.2. The highest BCUT2D eigenvalue weighted by Gasteiger charge is 2.34. The van der Waals surface area contributed by atoms with E-state index in [4.69, 9.17) is 5.73 Å². The highest BCUT2D eigenvalue weighted by Crippen LogP contribution is 2.26. The highest BCUT2D eigenvalue weighted by molar-refractivity contribution is 7.89. The van der Waals surface area contributed by atoms with Crippen LogP contribution in [0.15, 0.2) is 29.2 Å². The van der Waals surface area contributed by atoms with Crippen LogP contribution in [0, 0.1) is 0 Å². The molecule has 0 aromatic heterocycles. The second-order valence-corrected chi connectivity index (χ2v) is 6.84. The van der Waals surface area contributed by atoms with E-state index in [0.29, 0.717) is 25.1 Å². The Morgan fingerprint density at radius 3 is 2.85 bits per heavy atom. The summed E-state index contributed by atoms with van der Waals surface area (Å²) in [5, 5.41) is 0. The third-order valence-corrected chi connectivity index (χ3v) is 5.63. The van der Waals surface area contributed by atoms with Crippen LogP contribution in [0.1, 0.15) is 36.5 Å². The van der Waals surface area contributed by atoms with E-state index in [-0.39, 0.29) is 16.7 Å². The van der Waals surface area contributed by atoms with Gasteiger partial charge in [0.2, 0.25) is 10.0 Å². The zero-order valence-corrected chi connectivity index (χ0v) is 12.4. The maximum Gasteiger partial charge on any atom is 0.243 e. The number of hydrogen-bond donors (Lipinski definition) is 1. The minimum absolute atomic E-state index is 0.0566. The first-order chi connectivity index (χ1) is 9.50. The Morgan fingerprint density at radius 2 is 2.20 bits per heavy atom. The number of rotatable bonds is 5. The van der Waals surface area contributed by atoms with Crippen molar-refractivity contribution in [2.24, 2.45) is 5.73 Å². The number of Topliss-reactive ketones (excluding diaryl/α,β-unsaturated/α-hetero) is 1. The van der Waals surface area contributed by atoms with Gasteiger partial charge in [-0.2, -0.15) is 4.31 Å². The fraction of sp³-hybridized carbons (Fsp3) is 0.500. The molecule has 0 spiro atoms. The molecule has 1 saturated heterocycles. The van der Waals surface area contributed by atoms with Crippen LogP contribution in [0.25, 0.3) is 0 Å². The maximum atomic E-state index is 12.6. The van der Waals surface area contributed by atoms with Gasteiger partial charge in [0, 0.05) is 31.1 Å². The number of benzene rings is 1. The first-order valence-electron chi connectivity index (χ1n) is 6.86. The van der Waals surface area contributed by atoms with Gasteiger partial charge in [0.25, 0.3) is 0 Å². The highest BCUT2D eigenvalue weighted by atomic mass is 32.2. The van der Waals surface area contributed by atoms with Crippen molar-refractivity contribution in [3.8, 4) is 0 Å². The Hall–Kier alpha value is -1.24. The van der Waals surface area contributed by atoms with E-state index in [9.17, 15) is 13.2 Å². The standard InChI is InChI=1S/C14H20N2O3S/c1-2-14(17)11-5-3-7-13(9-11)20(18,19)16-8-4-6-12(16)10-15/h3,5,7,9,12H,2,4,6,8,10,15H2,1H3. The van der Waals surface area contributed by atoms with Gasteiger partial charge in [-0.1, -0.05) is 19.1 Å². The molecule has 1 unspecified atom stereocenters. The largest absolute Gasteiger partial charge is 0.329 e. The number of nitrogens with two attached hydrogens (primary N) is 1. The Kier molecular flexibility index (Phi) is 4.57. The van der Waals surface area contributed by atoms with Gasteiger partial charge in [0.15, 0.2) is 5.78 Å². The van der Waals surface area contributed by atoms with E-state index in [1.165, 1.54) is 16.4 Å². The molecular weight excluding hydrogens is 276 g/mol. The zero-order valence-electron chi connectivity index (χ0n) is 11.6. The molecule has 6 heteroatoms. The minimum atomic E-state index is -3.56. The van der Waals surface area contributed by atoms with Gasteiger partial charge in [-0.25, -0.2) is 8.42 Å². The summed E-state index contributed by atoms with van der Waals surface area (Å²) in [6, 6.07) is 6.13. The smallest absolute Gasteiger partial charge is 0.243 e. The molecule has 2 N–H and O–H groups in total. The van der Waals surface area contributed by atoms with E-state index in [1.54, 1.807) is 19.1 Å². The second kappa shape index (κ2) is 6.03. The van der Waals surface area contributed by atoms with Crippen molar-refractivity contribution in [2.75, 3.05) is 13.1 Å². The van der Waals surface area contributed by atoms with Gasteiger partial charge in [-0.3, -0.25) is 4.79 Å². The molecule has 1 aromatic rings. The van der Waals surface area contributed by atoms with E-state index in [2.05, 4.69) is 0 Å². The molecule has 0 bridgehead atoms. The predicted molar refractivity (Wildman–Crippen MR) is 77.0 cm³/mol. The summed E-state index contributed by atoms with van der Waals surface area (Å²) < 4.78 is 26.7. The van der Waals surface area contributed by atoms with E-state index in [1.807, 2.05) is 0 Å². The Bertz CT molecular complexity index is 598. The lowest BCUT2D eigenvalue weighted by molar-refractivity contribution is 0.0988. The number of ketones is 1. The molecular formula is C14H20N2O3S. The average Bonchev–Trinajstić information content (AvgIpc) is 2.95. The molecule has 1 aliphatic heterocycles. The molecule has 110 valence electrons. The minimum Gasteiger partial charge on any atom is -0.329 e. The number of carbonyl (C=O) groups excluding carboxylic acids is 1. The van der Waals surface area contributed by atoms with Crippen LogP contribution in [-0.4, -0.2) is 37.6 Å². The molecule has 1 fully saturated rings. The summed E-state index contributed by atoms with van der Waals surface area (Å²) in [7, 11) is -3.56. The van der Waals surface area contributed by atoms with Crippen LogP contribution in [0.4, 0.5) is 0 Å². The lowest BCUT2D eigenvalue weighted by Gasteiger charge is -2.23. The van der Waals surface area contributed by atoms with Gasteiger partial charge in [-0.15, -0.1) is 0 Å². The van der Waals surface area contributed by atoms with Crippen molar-refractivity contribution < 1.29 is 13.2 Å². The zero-order chi connectivity index (χ0) is 14.8. The summed E-state index contributed by atoms with van der Waals surface area (Å²) in [6.45, 7) is 2.58. The Balaban J connectivity index is 2.37. The number of carbonyl (C=O) groups is 1. The van der Waals surface area contributed by atoms with Crippen LogP contribution in [0.2, 0.25) is 0 Å². The fourth-order valence-electron chi connectivity index (χ4n) is 2.53. The normalized spacial score (nSPS) is 20.2. The van der Waals surface area contributed by atoms with Crippen molar-refractivity contribution in [1.82, 2.24) is 4.31 Å². The molecule has 0 saturated carbocycles. The van der Waals surface area contributed by atoms with Crippen LogP contribution >= 0.6 is 0 Å². The van der Waals surface area contributed by atoms with Crippen LogP contribution in [0.5, 0.6) is 0 Å². The predicted octanol–water partition coefficient (Wildman–Crippen LogP) is 1.39.